The molecular formula is C11H13BrO2. The Labute approximate surface area is 92.4 Å². The zero-order valence-electron chi connectivity index (χ0n) is 8.29. The average Bonchev–Trinajstić information content (AvgIpc) is 2.18. The molecular weight excluding hydrogens is 244 g/mol. The first kappa shape index (κ1) is 11.2. The van der Waals surface area contributed by atoms with Crippen LogP contribution in [0.4, 0.5) is 0 Å². The molecule has 14 heavy (non-hydrogen) atoms. The maximum Gasteiger partial charge on any atom is 0.324 e. The molecule has 0 aliphatic rings. The van der Waals surface area contributed by atoms with Gasteiger partial charge in [-0.1, -0.05) is 40.2 Å². The van der Waals surface area contributed by atoms with E-state index in [1.54, 1.807) is 6.92 Å². The van der Waals surface area contributed by atoms with Crippen molar-refractivity contribution < 1.29 is 9.53 Å². The van der Waals surface area contributed by atoms with Crippen molar-refractivity contribution in [1.82, 2.24) is 0 Å². The summed E-state index contributed by atoms with van der Waals surface area (Å²) in [6, 6.07) is 7.76. The van der Waals surface area contributed by atoms with Crippen molar-refractivity contribution in [1.29, 1.82) is 0 Å². The highest BCUT2D eigenvalue weighted by molar-refractivity contribution is 9.09. The predicted octanol–water partition coefficient (Wildman–Crippen LogP) is 2.99. The number of halogens is 1. The van der Waals surface area contributed by atoms with Gasteiger partial charge in [0.25, 0.3) is 0 Å². The number of alkyl halides is 1. The molecule has 1 rings (SSSR count). The zero-order valence-corrected chi connectivity index (χ0v) is 9.87. The Morgan fingerprint density at radius 3 is 2.71 bits per heavy atom. The van der Waals surface area contributed by atoms with E-state index in [2.05, 4.69) is 15.9 Å². The number of carbonyl (C=O) groups excluding carboxylic acids is 1. The van der Waals surface area contributed by atoms with Gasteiger partial charge >= 0.3 is 5.97 Å². The molecule has 0 bridgehead atoms. The lowest BCUT2D eigenvalue weighted by atomic mass is 10.1. The van der Waals surface area contributed by atoms with Gasteiger partial charge in [0.05, 0.1) is 6.61 Å². The summed E-state index contributed by atoms with van der Waals surface area (Å²) in [7, 11) is 0. The van der Waals surface area contributed by atoms with Gasteiger partial charge in [-0.3, -0.25) is 4.79 Å². The van der Waals surface area contributed by atoms with Crippen molar-refractivity contribution in [3.63, 3.8) is 0 Å². The van der Waals surface area contributed by atoms with Crippen LogP contribution in [0.3, 0.4) is 0 Å². The number of benzene rings is 1. The SMILES string of the molecule is CCOC(=O)C(Br)c1ccccc1C. The van der Waals surface area contributed by atoms with E-state index in [1.807, 2.05) is 31.2 Å². The summed E-state index contributed by atoms with van der Waals surface area (Å²) in [6.45, 7) is 4.19. The van der Waals surface area contributed by atoms with Crippen molar-refractivity contribution in [3.05, 3.63) is 35.4 Å². The fraction of sp³-hybridized carbons (Fsp3) is 0.364. The van der Waals surface area contributed by atoms with Crippen LogP contribution >= 0.6 is 15.9 Å². The van der Waals surface area contributed by atoms with E-state index < -0.39 is 0 Å². The van der Waals surface area contributed by atoms with E-state index in [1.165, 1.54) is 0 Å². The quantitative estimate of drug-likeness (QED) is 0.614. The fourth-order valence-electron chi connectivity index (χ4n) is 1.21. The van der Waals surface area contributed by atoms with Crippen LogP contribution in [0.2, 0.25) is 0 Å². The van der Waals surface area contributed by atoms with Gasteiger partial charge in [-0.2, -0.15) is 0 Å². The number of esters is 1. The molecule has 0 heterocycles. The highest BCUT2D eigenvalue weighted by Crippen LogP contribution is 2.26. The van der Waals surface area contributed by atoms with Gasteiger partial charge in [0.15, 0.2) is 0 Å². The van der Waals surface area contributed by atoms with Gasteiger partial charge in [0.2, 0.25) is 0 Å². The molecule has 2 nitrogen and oxygen atoms in total. The van der Waals surface area contributed by atoms with Crippen LogP contribution in [-0.2, 0) is 9.53 Å². The molecule has 0 spiro atoms. The molecule has 1 unspecified atom stereocenters. The van der Waals surface area contributed by atoms with Crippen LogP contribution in [0.25, 0.3) is 0 Å². The molecule has 3 heteroatoms. The predicted molar refractivity (Wildman–Crippen MR) is 59.5 cm³/mol. The third kappa shape index (κ3) is 2.58. The normalized spacial score (nSPS) is 12.2. The third-order valence-corrected chi connectivity index (χ3v) is 2.82. The second kappa shape index (κ2) is 5.15. The number of carbonyl (C=O) groups is 1. The summed E-state index contributed by atoms with van der Waals surface area (Å²) in [6.07, 6.45) is 0. The topological polar surface area (TPSA) is 26.3 Å². The number of ether oxygens (including phenoxy) is 1. The number of hydrogen-bond acceptors (Lipinski definition) is 2. The third-order valence-electron chi connectivity index (χ3n) is 1.96. The lowest BCUT2D eigenvalue weighted by Crippen LogP contribution is -2.11. The highest BCUT2D eigenvalue weighted by atomic mass is 79.9. The van der Waals surface area contributed by atoms with Crippen molar-refractivity contribution in [2.75, 3.05) is 6.61 Å². The minimum Gasteiger partial charge on any atom is -0.465 e. The Bertz CT molecular complexity index is 323. The van der Waals surface area contributed by atoms with E-state index in [0.717, 1.165) is 11.1 Å². The summed E-state index contributed by atoms with van der Waals surface area (Å²) in [5.41, 5.74) is 2.05. The summed E-state index contributed by atoms with van der Waals surface area (Å²) >= 11 is 3.33. The maximum absolute atomic E-state index is 11.4. The molecule has 0 N–H and O–H groups in total. The molecule has 76 valence electrons. The summed E-state index contributed by atoms with van der Waals surface area (Å²) in [5.74, 6) is -0.234. The van der Waals surface area contributed by atoms with Crippen molar-refractivity contribution in [2.24, 2.45) is 0 Å². The van der Waals surface area contributed by atoms with Crippen molar-refractivity contribution >= 4 is 21.9 Å². The van der Waals surface area contributed by atoms with E-state index in [9.17, 15) is 4.79 Å². The molecule has 0 saturated heterocycles. The number of rotatable bonds is 3. The molecule has 0 fully saturated rings. The van der Waals surface area contributed by atoms with E-state index in [-0.39, 0.29) is 10.8 Å². The van der Waals surface area contributed by atoms with Crippen molar-refractivity contribution in [2.45, 2.75) is 18.7 Å². The van der Waals surface area contributed by atoms with Crippen LogP contribution in [0.1, 0.15) is 22.9 Å². The van der Waals surface area contributed by atoms with E-state index in [0.29, 0.717) is 6.61 Å². The zero-order chi connectivity index (χ0) is 10.6. The van der Waals surface area contributed by atoms with Crippen LogP contribution < -0.4 is 0 Å². The van der Waals surface area contributed by atoms with Crippen molar-refractivity contribution in [3.8, 4) is 0 Å². The molecule has 0 radical (unpaired) electrons. The molecule has 0 aromatic heterocycles. The van der Waals surface area contributed by atoms with E-state index >= 15 is 0 Å². The molecule has 0 aliphatic heterocycles. The molecule has 0 aliphatic carbocycles. The Morgan fingerprint density at radius 1 is 1.50 bits per heavy atom. The molecule has 1 aromatic rings. The first-order valence-electron chi connectivity index (χ1n) is 4.53. The van der Waals surface area contributed by atoms with Gasteiger partial charge in [0, 0.05) is 0 Å². The van der Waals surface area contributed by atoms with Gasteiger partial charge in [-0.05, 0) is 25.0 Å². The van der Waals surface area contributed by atoms with Gasteiger partial charge < -0.3 is 4.74 Å². The highest BCUT2D eigenvalue weighted by Gasteiger charge is 2.19. The van der Waals surface area contributed by atoms with Crippen LogP contribution in [0, 0.1) is 6.92 Å². The minimum atomic E-state index is -0.358. The summed E-state index contributed by atoms with van der Waals surface area (Å²) in [5, 5.41) is 0. The summed E-state index contributed by atoms with van der Waals surface area (Å²) in [4.78, 5) is 11.1. The fourth-order valence-corrected chi connectivity index (χ4v) is 1.86. The average molecular weight is 257 g/mol. The number of aryl methyl sites for hydroxylation is 1. The van der Waals surface area contributed by atoms with Gasteiger partial charge in [0.1, 0.15) is 4.83 Å². The molecule has 1 aromatic carbocycles. The van der Waals surface area contributed by atoms with Crippen LogP contribution in [0.15, 0.2) is 24.3 Å². The molecule has 0 saturated carbocycles. The second-order valence-corrected chi connectivity index (χ2v) is 3.89. The Morgan fingerprint density at radius 2 is 2.14 bits per heavy atom. The smallest absolute Gasteiger partial charge is 0.324 e. The largest absolute Gasteiger partial charge is 0.465 e. The monoisotopic (exact) mass is 256 g/mol. The van der Waals surface area contributed by atoms with Gasteiger partial charge in [-0.25, -0.2) is 0 Å². The van der Waals surface area contributed by atoms with Gasteiger partial charge in [-0.15, -0.1) is 0 Å². The lowest BCUT2D eigenvalue weighted by Gasteiger charge is -2.11. The molecule has 0 amide bonds. The van der Waals surface area contributed by atoms with E-state index in [4.69, 9.17) is 4.74 Å². The van der Waals surface area contributed by atoms with Crippen LogP contribution in [0.5, 0.6) is 0 Å². The first-order valence-corrected chi connectivity index (χ1v) is 5.44. The first-order chi connectivity index (χ1) is 6.66. The molecule has 1 atom stereocenters. The maximum atomic E-state index is 11.4. The minimum absolute atomic E-state index is 0.234. The number of hydrogen-bond donors (Lipinski definition) is 0. The lowest BCUT2D eigenvalue weighted by molar-refractivity contribution is -0.142. The summed E-state index contributed by atoms with van der Waals surface area (Å²) < 4.78 is 4.93. The Balaban J connectivity index is 2.84. The Kier molecular flexibility index (Phi) is 4.14. The Hall–Kier alpha value is -0.830. The standard InChI is InChI=1S/C11H13BrO2/c1-3-14-11(13)10(12)9-7-5-4-6-8(9)2/h4-7,10H,3H2,1-2H3. The second-order valence-electron chi connectivity index (χ2n) is 2.97. The van der Waals surface area contributed by atoms with Crippen LogP contribution in [-0.4, -0.2) is 12.6 Å².